The van der Waals surface area contributed by atoms with E-state index >= 15 is 0 Å². The molecule has 2 aliphatic rings. The number of aromatic nitrogens is 1. The number of nitrogens with zero attached hydrogens (tertiary/aromatic N) is 3. The summed E-state index contributed by atoms with van der Waals surface area (Å²) in [6.45, 7) is 4.81. The van der Waals surface area contributed by atoms with Crippen LogP contribution >= 0.6 is 11.3 Å². The molecular formula is C15H19N3S. The molecule has 4 heteroatoms. The summed E-state index contributed by atoms with van der Waals surface area (Å²) in [4.78, 5) is 9.97. The third-order valence-corrected chi connectivity index (χ3v) is 5.49. The molecule has 0 radical (unpaired) electrons. The number of fused-ring (bicyclic) bond motifs is 2. The van der Waals surface area contributed by atoms with Gasteiger partial charge in [0.25, 0.3) is 0 Å². The highest BCUT2D eigenvalue weighted by Crippen LogP contribution is 2.31. The lowest BCUT2D eigenvalue weighted by Gasteiger charge is -2.43. The van der Waals surface area contributed by atoms with E-state index in [-0.39, 0.29) is 0 Å². The third-order valence-electron chi connectivity index (χ3n) is 4.39. The fourth-order valence-electron chi connectivity index (χ4n) is 3.33. The zero-order valence-electron chi connectivity index (χ0n) is 11.1. The largest absolute Gasteiger partial charge is 0.345 e. The van der Waals surface area contributed by atoms with Crippen molar-refractivity contribution in [1.29, 1.82) is 0 Å². The van der Waals surface area contributed by atoms with E-state index in [0.29, 0.717) is 0 Å². The smallest absolute Gasteiger partial charge is 0.186 e. The summed E-state index contributed by atoms with van der Waals surface area (Å²) in [7, 11) is 0. The van der Waals surface area contributed by atoms with Crippen molar-refractivity contribution < 1.29 is 0 Å². The maximum absolute atomic E-state index is 4.80. The molecule has 1 unspecified atom stereocenters. The van der Waals surface area contributed by atoms with Crippen LogP contribution in [0.5, 0.6) is 0 Å². The molecule has 2 aromatic rings. The monoisotopic (exact) mass is 273 g/mol. The maximum Gasteiger partial charge on any atom is 0.186 e. The van der Waals surface area contributed by atoms with Crippen molar-refractivity contribution in [2.45, 2.75) is 25.3 Å². The molecule has 0 aliphatic carbocycles. The molecule has 3 nitrogen and oxygen atoms in total. The minimum atomic E-state index is 0.759. The summed E-state index contributed by atoms with van der Waals surface area (Å²) in [6.07, 6.45) is 4.15. The Morgan fingerprint density at radius 3 is 3.00 bits per heavy atom. The van der Waals surface area contributed by atoms with Gasteiger partial charge >= 0.3 is 0 Å². The van der Waals surface area contributed by atoms with Gasteiger partial charge in [0.15, 0.2) is 5.13 Å². The predicted octanol–water partition coefficient (Wildman–Crippen LogP) is 2.97. The number of rotatable bonds is 1. The fraction of sp³-hybridized carbons (Fsp3) is 0.533. The molecule has 3 heterocycles. The van der Waals surface area contributed by atoms with E-state index in [1.54, 1.807) is 0 Å². The zero-order chi connectivity index (χ0) is 12.7. The number of thiazole rings is 1. The third kappa shape index (κ3) is 2.13. The van der Waals surface area contributed by atoms with Gasteiger partial charge < -0.3 is 4.90 Å². The average Bonchev–Trinajstić information content (AvgIpc) is 2.90. The van der Waals surface area contributed by atoms with E-state index in [1.165, 1.54) is 48.7 Å². The van der Waals surface area contributed by atoms with Gasteiger partial charge in [-0.15, -0.1) is 0 Å². The van der Waals surface area contributed by atoms with Crippen molar-refractivity contribution in [3.8, 4) is 0 Å². The number of piperidine rings is 1. The van der Waals surface area contributed by atoms with Crippen molar-refractivity contribution in [2.75, 3.05) is 31.1 Å². The molecule has 0 saturated carbocycles. The van der Waals surface area contributed by atoms with Crippen molar-refractivity contribution in [1.82, 2.24) is 9.88 Å². The normalized spacial score (nSPS) is 24.6. The highest BCUT2D eigenvalue weighted by Gasteiger charge is 2.29. The minimum Gasteiger partial charge on any atom is -0.345 e. The Morgan fingerprint density at radius 1 is 1.11 bits per heavy atom. The summed E-state index contributed by atoms with van der Waals surface area (Å²) >= 11 is 1.84. The summed E-state index contributed by atoms with van der Waals surface area (Å²) in [5, 5.41) is 1.21. The van der Waals surface area contributed by atoms with Crippen molar-refractivity contribution >= 4 is 26.7 Å². The van der Waals surface area contributed by atoms with Crippen LogP contribution in [-0.2, 0) is 0 Å². The lowest BCUT2D eigenvalue weighted by Crippen LogP contribution is -2.54. The number of anilines is 1. The van der Waals surface area contributed by atoms with Gasteiger partial charge in [0, 0.05) is 25.7 Å². The van der Waals surface area contributed by atoms with Gasteiger partial charge in [0.05, 0.1) is 10.2 Å². The number of para-hydroxylation sites is 1. The first-order valence-electron chi connectivity index (χ1n) is 7.25. The van der Waals surface area contributed by atoms with Crippen LogP contribution < -0.4 is 4.90 Å². The van der Waals surface area contributed by atoms with Crippen LogP contribution in [0.15, 0.2) is 24.3 Å². The van der Waals surface area contributed by atoms with Gasteiger partial charge in [0.1, 0.15) is 0 Å². The predicted molar refractivity (Wildman–Crippen MR) is 81.0 cm³/mol. The lowest BCUT2D eigenvalue weighted by molar-refractivity contribution is 0.133. The Labute approximate surface area is 117 Å². The molecule has 1 atom stereocenters. The van der Waals surface area contributed by atoms with Gasteiger partial charge in [-0.3, -0.25) is 4.90 Å². The van der Waals surface area contributed by atoms with Crippen LogP contribution in [0.2, 0.25) is 0 Å². The highest BCUT2D eigenvalue weighted by atomic mass is 32.1. The van der Waals surface area contributed by atoms with E-state index in [0.717, 1.165) is 18.1 Å². The summed E-state index contributed by atoms with van der Waals surface area (Å²) in [5.74, 6) is 0. The van der Waals surface area contributed by atoms with E-state index in [4.69, 9.17) is 4.98 Å². The number of benzene rings is 1. The second-order valence-corrected chi connectivity index (χ2v) is 6.60. The standard InChI is InChI=1S/C15H19N3S/c1-2-7-14-13(6-1)16-15(19-14)18-10-9-17-8-4-3-5-12(17)11-18/h1-2,6-7,12H,3-5,8-11H2. The molecule has 0 spiro atoms. The summed E-state index contributed by atoms with van der Waals surface area (Å²) in [6, 6.07) is 9.22. The summed E-state index contributed by atoms with van der Waals surface area (Å²) < 4.78 is 1.31. The topological polar surface area (TPSA) is 19.4 Å². The Balaban J connectivity index is 1.58. The molecule has 2 aliphatic heterocycles. The second-order valence-electron chi connectivity index (χ2n) is 5.60. The molecule has 2 saturated heterocycles. The van der Waals surface area contributed by atoms with Crippen LogP contribution in [0.1, 0.15) is 19.3 Å². The van der Waals surface area contributed by atoms with Gasteiger partial charge in [0.2, 0.25) is 0 Å². The molecule has 0 bridgehead atoms. The van der Waals surface area contributed by atoms with E-state index in [2.05, 4.69) is 34.1 Å². The van der Waals surface area contributed by atoms with E-state index < -0.39 is 0 Å². The van der Waals surface area contributed by atoms with E-state index in [9.17, 15) is 0 Å². The van der Waals surface area contributed by atoms with Crippen molar-refractivity contribution in [2.24, 2.45) is 0 Å². The quantitative estimate of drug-likeness (QED) is 0.796. The molecular weight excluding hydrogens is 254 g/mol. The highest BCUT2D eigenvalue weighted by molar-refractivity contribution is 7.22. The van der Waals surface area contributed by atoms with Gasteiger partial charge in [-0.1, -0.05) is 29.9 Å². The molecule has 1 aromatic carbocycles. The van der Waals surface area contributed by atoms with Gasteiger partial charge in [-0.05, 0) is 31.5 Å². The molecule has 4 rings (SSSR count). The van der Waals surface area contributed by atoms with Crippen molar-refractivity contribution in [3.63, 3.8) is 0 Å². The zero-order valence-corrected chi connectivity index (χ0v) is 11.9. The fourth-order valence-corrected chi connectivity index (χ4v) is 4.33. The van der Waals surface area contributed by atoms with Crippen LogP contribution in [0.4, 0.5) is 5.13 Å². The molecule has 0 amide bonds. The Hall–Kier alpha value is -1.13. The van der Waals surface area contributed by atoms with Crippen molar-refractivity contribution in [3.05, 3.63) is 24.3 Å². The van der Waals surface area contributed by atoms with Gasteiger partial charge in [-0.2, -0.15) is 0 Å². The molecule has 1 aromatic heterocycles. The SMILES string of the molecule is c1ccc2sc(N3CCN4CCCCC4C3)nc2c1. The Morgan fingerprint density at radius 2 is 2.05 bits per heavy atom. The first-order chi connectivity index (χ1) is 9.40. The van der Waals surface area contributed by atoms with Crippen LogP contribution in [0.3, 0.4) is 0 Å². The number of hydrogen-bond donors (Lipinski definition) is 0. The van der Waals surface area contributed by atoms with Crippen LogP contribution in [0.25, 0.3) is 10.2 Å². The molecule has 0 N–H and O–H groups in total. The van der Waals surface area contributed by atoms with Crippen LogP contribution in [0, 0.1) is 0 Å². The Bertz CT molecular complexity index is 547. The first kappa shape index (κ1) is 11.7. The first-order valence-corrected chi connectivity index (χ1v) is 8.06. The Kier molecular flexibility index (Phi) is 2.93. The molecule has 19 heavy (non-hydrogen) atoms. The minimum absolute atomic E-state index is 0.759. The van der Waals surface area contributed by atoms with Crippen LogP contribution in [-0.4, -0.2) is 42.1 Å². The average molecular weight is 273 g/mol. The molecule has 100 valence electrons. The second kappa shape index (κ2) is 4.76. The summed E-state index contributed by atoms with van der Waals surface area (Å²) in [5.41, 5.74) is 1.15. The van der Waals surface area contributed by atoms with E-state index in [1.807, 2.05) is 11.3 Å². The van der Waals surface area contributed by atoms with Gasteiger partial charge in [-0.25, -0.2) is 4.98 Å². The lowest BCUT2D eigenvalue weighted by atomic mass is 10.00. The number of hydrogen-bond acceptors (Lipinski definition) is 4. The number of piperazine rings is 1. The molecule has 2 fully saturated rings. The maximum atomic E-state index is 4.80.